The van der Waals surface area contributed by atoms with Crippen molar-refractivity contribution in [1.82, 2.24) is 0 Å². The van der Waals surface area contributed by atoms with Gasteiger partial charge in [-0.3, -0.25) is 0 Å². The lowest BCUT2D eigenvalue weighted by atomic mass is 9.72. The maximum atomic E-state index is 2.48. The molecule has 2 aliphatic rings. The summed E-state index contributed by atoms with van der Waals surface area (Å²) in [4.78, 5) is 5.04. The molecule has 0 bridgehead atoms. The summed E-state index contributed by atoms with van der Waals surface area (Å²) in [5.74, 6) is 0. The molecule has 288 valence electrons. The van der Waals surface area contributed by atoms with Crippen LogP contribution in [0.3, 0.4) is 0 Å². The normalized spacial score (nSPS) is 14.2. The molecule has 0 fully saturated rings. The standard InChI is InChI=1S/C58H45NS/c1-57(2)49-18-12-11-17-47(49)48-30-25-44(35-50(48)57)45-27-32-54-52(37-45)58(3,4)51-36-43(40-21-19-39(20-22-40)38-13-7-5-8-14-38)26-31-53(51)59(54)46-28-23-42(24-29-46)56-34-33-55(60-56)41-15-9-6-10-16-41/h5-37H,1-4H3. The SMILES string of the molecule is CC1(C)c2ccccc2-c2ccc(-c3ccc4c(c3)C(C)(C)c3cc(-c5ccc(-c6ccccc6)cc5)ccc3N4c3ccc(-c4ccc(-c5ccccc5)s4)cc3)cc21. The third-order valence-electron chi connectivity index (χ3n) is 13.1. The lowest BCUT2D eigenvalue weighted by Gasteiger charge is -2.42. The van der Waals surface area contributed by atoms with Gasteiger partial charge < -0.3 is 4.90 Å². The van der Waals surface area contributed by atoms with Gasteiger partial charge in [-0.2, -0.15) is 0 Å². The first kappa shape index (κ1) is 36.3. The molecule has 1 aliphatic carbocycles. The van der Waals surface area contributed by atoms with Crippen LogP contribution in [0.5, 0.6) is 0 Å². The predicted molar refractivity (Wildman–Crippen MR) is 256 cm³/mol. The van der Waals surface area contributed by atoms with Crippen molar-refractivity contribution < 1.29 is 0 Å². The molecule has 0 saturated heterocycles. The molecule has 0 atom stereocenters. The van der Waals surface area contributed by atoms with Gasteiger partial charge in [-0.15, -0.1) is 11.3 Å². The van der Waals surface area contributed by atoms with E-state index in [1.54, 1.807) is 0 Å². The Hall–Kier alpha value is -6.74. The fraction of sp³-hybridized carbons (Fsp3) is 0.103. The van der Waals surface area contributed by atoms with Gasteiger partial charge >= 0.3 is 0 Å². The zero-order chi connectivity index (χ0) is 40.6. The lowest BCUT2D eigenvalue weighted by molar-refractivity contribution is 0.632. The Bertz CT molecular complexity index is 3060. The van der Waals surface area contributed by atoms with Crippen LogP contribution in [0.1, 0.15) is 49.9 Å². The lowest BCUT2D eigenvalue weighted by Crippen LogP contribution is -2.30. The second kappa shape index (κ2) is 13.9. The van der Waals surface area contributed by atoms with Crippen molar-refractivity contribution in [1.29, 1.82) is 0 Å². The number of hydrogen-bond acceptors (Lipinski definition) is 2. The molecular weight excluding hydrogens is 743 g/mol. The molecule has 0 unspecified atom stereocenters. The molecule has 0 N–H and O–H groups in total. The van der Waals surface area contributed by atoms with Gasteiger partial charge in [0.1, 0.15) is 0 Å². The van der Waals surface area contributed by atoms with Crippen molar-refractivity contribution in [3.63, 3.8) is 0 Å². The minimum atomic E-state index is -0.270. The minimum Gasteiger partial charge on any atom is -0.310 e. The molecule has 11 rings (SSSR count). The topological polar surface area (TPSA) is 3.24 Å². The highest BCUT2D eigenvalue weighted by Gasteiger charge is 2.38. The quantitative estimate of drug-likeness (QED) is 0.162. The van der Waals surface area contributed by atoms with Gasteiger partial charge in [-0.05, 0) is 132 Å². The fourth-order valence-corrected chi connectivity index (χ4v) is 10.8. The van der Waals surface area contributed by atoms with Gasteiger partial charge in [0, 0.05) is 26.3 Å². The molecule has 60 heavy (non-hydrogen) atoms. The molecule has 0 saturated carbocycles. The van der Waals surface area contributed by atoms with Crippen molar-refractivity contribution in [3.8, 4) is 65.4 Å². The van der Waals surface area contributed by atoms with Crippen molar-refractivity contribution >= 4 is 28.4 Å². The summed E-state index contributed by atoms with van der Waals surface area (Å²) in [5.41, 5.74) is 21.3. The molecule has 0 amide bonds. The Morgan fingerprint density at radius 1 is 0.317 bits per heavy atom. The largest absolute Gasteiger partial charge is 0.310 e. The van der Waals surface area contributed by atoms with E-state index in [1.165, 1.54) is 99.0 Å². The highest BCUT2D eigenvalue weighted by Crippen LogP contribution is 2.55. The summed E-state index contributed by atoms with van der Waals surface area (Å²) in [7, 11) is 0. The summed E-state index contributed by atoms with van der Waals surface area (Å²) in [5, 5.41) is 0. The van der Waals surface area contributed by atoms with E-state index in [2.05, 4.69) is 233 Å². The Labute approximate surface area is 357 Å². The average Bonchev–Trinajstić information content (AvgIpc) is 3.88. The molecule has 1 aliphatic heterocycles. The molecule has 2 heterocycles. The maximum Gasteiger partial charge on any atom is 0.0503 e. The van der Waals surface area contributed by atoms with Crippen LogP contribution in [0.15, 0.2) is 200 Å². The van der Waals surface area contributed by atoms with Crippen molar-refractivity contribution in [2.45, 2.75) is 38.5 Å². The van der Waals surface area contributed by atoms with Crippen LogP contribution in [0.25, 0.3) is 65.4 Å². The third-order valence-corrected chi connectivity index (χ3v) is 14.3. The monoisotopic (exact) mass is 787 g/mol. The van der Waals surface area contributed by atoms with E-state index in [-0.39, 0.29) is 10.8 Å². The number of rotatable bonds is 6. The molecule has 1 aromatic heterocycles. The molecular formula is C58H45NS. The fourth-order valence-electron chi connectivity index (χ4n) is 9.77. The summed E-state index contributed by atoms with van der Waals surface area (Å²) < 4.78 is 0. The maximum absolute atomic E-state index is 2.48. The number of nitrogens with zero attached hydrogens (tertiary/aromatic N) is 1. The smallest absolute Gasteiger partial charge is 0.0503 e. The van der Waals surface area contributed by atoms with Crippen LogP contribution >= 0.6 is 11.3 Å². The van der Waals surface area contributed by atoms with E-state index in [0.717, 1.165) is 5.69 Å². The highest BCUT2D eigenvalue weighted by molar-refractivity contribution is 7.18. The predicted octanol–water partition coefficient (Wildman–Crippen LogP) is 16.5. The van der Waals surface area contributed by atoms with E-state index in [4.69, 9.17) is 0 Å². The number of fused-ring (bicyclic) bond motifs is 5. The summed E-state index contributed by atoms with van der Waals surface area (Å²) in [6.45, 7) is 9.54. The molecule has 1 nitrogen and oxygen atoms in total. The summed E-state index contributed by atoms with van der Waals surface area (Å²) >= 11 is 1.85. The van der Waals surface area contributed by atoms with Crippen LogP contribution in [0, 0.1) is 0 Å². The minimum absolute atomic E-state index is 0.0563. The van der Waals surface area contributed by atoms with Gasteiger partial charge in [0.25, 0.3) is 0 Å². The van der Waals surface area contributed by atoms with Crippen LogP contribution in [-0.2, 0) is 10.8 Å². The van der Waals surface area contributed by atoms with E-state index < -0.39 is 0 Å². The Morgan fingerprint density at radius 3 is 1.33 bits per heavy atom. The first-order valence-corrected chi connectivity index (χ1v) is 21.8. The second-order valence-corrected chi connectivity index (χ2v) is 18.5. The van der Waals surface area contributed by atoms with E-state index in [1.807, 2.05) is 11.3 Å². The third kappa shape index (κ3) is 5.89. The average molecular weight is 788 g/mol. The van der Waals surface area contributed by atoms with Gasteiger partial charge in [-0.1, -0.05) is 173 Å². The van der Waals surface area contributed by atoms with Crippen molar-refractivity contribution in [2.24, 2.45) is 0 Å². The Morgan fingerprint density at radius 2 is 0.717 bits per heavy atom. The zero-order valence-electron chi connectivity index (χ0n) is 34.4. The molecule has 8 aromatic carbocycles. The number of anilines is 3. The number of hydrogen-bond donors (Lipinski definition) is 0. The first-order chi connectivity index (χ1) is 29.2. The van der Waals surface area contributed by atoms with E-state index in [0.29, 0.717) is 0 Å². The van der Waals surface area contributed by atoms with Crippen LogP contribution in [0.2, 0.25) is 0 Å². The first-order valence-electron chi connectivity index (χ1n) is 21.0. The summed E-state index contributed by atoms with van der Waals surface area (Å²) in [6, 6.07) is 74.3. The van der Waals surface area contributed by atoms with Gasteiger partial charge in [0.05, 0.1) is 11.4 Å². The molecule has 0 spiro atoms. The molecule has 0 radical (unpaired) electrons. The van der Waals surface area contributed by atoms with Crippen molar-refractivity contribution in [3.05, 3.63) is 222 Å². The van der Waals surface area contributed by atoms with Crippen LogP contribution < -0.4 is 4.90 Å². The molecule has 2 heteroatoms. The summed E-state index contributed by atoms with van der Waals surface area (Å²) in [6.07, 6.45) is 0. The number of benzene rings is 8. The van der Waals surface area contributed by atoms with Crippen LogP contribution in [0.4, 0.5) is 17.1 Å². The van der Waals surface area contributed by atoms with E-state index >= 15 is 0 Å². The van der Waals surface area contributed by atoms with Gasteiger partial charge in [-0.25, -0.2) is 0 Å². The van der Waals surface area contributed by atoms with Gasteiger partial charge in [0.2, 0.25) is 0 Å². The Balaban J connectivity index is 1.02. The van der Waals surface area contributed by atoms with E-state index in [9.17, 15) is 0 Å². The Kier molecular flexibility index (Phi) is 8.44. The van der Waals surface area contributed by atoms with Gasteiger partial charge in [0.15, 0.2) is 0 Å². The number of thiophene rings is 1. The molecule has 9 aromatic rings. The van der Waals surface area contributed by atoms with Crippen LogP contribution in [-0.4, -0.2) is 0 Å². The second-order valence-electron chi connectivity index (χ2n) is 17.4. The highest BCUT2D eigenvalue weighted by atomic mass is 32.1. The zero-order valence-corrected chi connectivity index (χ0v) is 35.2. The van der Waals surface area contributed by atoms with Crippen molar-refractivity contribution in [2.75, 3.05) is 4.90 Å².